The number of halogens is 1. The SMILES string of the molecule is CCc1nc2c(cnn2-c2ccc(Cl)cc2)c(=O)n1-c1cccc(C)c1. The van der Waals surface area contributed by atoms with Crippen LogP contribution in [0.25, 0.3) is 22.4 Å². The molecule has 0 aliphatic rings. The quantitative estimate of drug-likeness (QED) is 0.550. The van der Waals surface area contributed by atoms with E-state index in [1.165, 1.54) is 0 Å². The molecule has 0 amide bonds. The molecule has 0 bridgehead atoms. The fraction of sp³-hybridized carbons (Fsp3) is 0.150. The molecule has 0 unspecified atom stereocenters. The molecule has 26 heavy (non-hydrogen) atoms. The lowest BCUT2D eigenvalue weighted by Gasteiger charge is -2.12. The summed E-state index contributed by atoms with van der Waals surface area (Å²) in [6.07, 6.45) is 2.20. The van der Waals surface area contributed by atoms with Crippen LogP contribution in [-0.2, 0) is 6.42 Å². The Labute approximate surface area is 155 Å². The molecule has 4 rings (SSSR count). The summed E-state index contributed by atoms with van der Waals surface area (Å²) in [7, 11) is 0. The molecule has 130 valence electrons. The minimum Gasteiger partial charge on any atom is -0.268 e. The van der Waals surface area contributed by atoms with Gasteiger partial charge < -0.3 is 0 Å². The van der Waals surface area contributed by atoms with Crippen molar-refractivity contribution in [2.45, 2.75) is 20.3 Å². The van der Waals surface area contributed by atoms with E-state index < -0.39 is 0 Å². The Morgan fingerprint density at radius 1 is 1.08 bits per heavy atom. The second kappa shape index (κ2) is 6.42. The number of aromatic nitrogens is 4. The lowest BCUT2D eigenvalue weighted by Crippen LogP contribution is -2.23. The predicted octanol–water partition coefficient (Wildman–Crippen LogP) is 4.10. The topological polar surface area (TPSA) is 52.7 Å². The highest BCUT2D eigenvalue weighted by molar-refractivity contribution is 6.30. The van der Waals surface area contributed by atoms with Gasteiger partial charge in [0.15, 0.2) is 5.65 Å². The van der Waals surface area contributed by atoms with E-state index in [1.807, 2.05) is 50.2 Å². The number of rotatable bonds is 3. The van der Waals surface area contributed by atoms with Gasteiger partial charge in [-0.15, -0.1) is 0 Å². The van der Waals surface area contributed by atoms with Gasteiger partial charge in [0.2, 0.25) is 0 Å². The molecule has 0 spiro atoms. The molecule has 0 aliphatic carbocycles. The van der Waals surface area contributed by atoms with Crippen molar-refractivity contribution in [1.82, 2.24) is 19.3 Å². The number of hydrogen-bond donors (Lipinski definition) is 0. The summed E-state index contributed by atoms with van der Waals surface area (Å²) in [5, 5.41) is 5.51. The molecular weight excluding hydrogens is 348 g/mol. The summed E-state index contributed by atoms with van der Waals surface area (Å²) in [6.45, 7) is 3.99. The van der Waals surface area contributed by atoms with Gasteiger partial charge in [0.1, 0.15) is 11.2 Å². The minimum absolute atomic E-state index is 0.113. The van der Waals surface area contributed by atoms with Crippen LogP contribution in [-0.4, -0.2) is 19.3 Å². The Morgan fingerprint density at radius 3 is 2.54 bits per heavy atom. The summed E-state index contributed by atoms with van der Waals surface area (Å²) >= 11 is 5.97. The fourth-order valence-corrected chi connectivity index (χ4v) is 3.18. The molecular formula is C20H17ClN4O. The summed E-state index contributed by atoms with van der Waals surface area (Å²) in [4.78, 5) is 17.9. The van der Waals surface area contributed by atoms with E-state index in [-0.39, 0.29) is 5.56 Å². The third-order valence-corrected chi connectivity index (χ3v) is 4.57. The van der Waals surface area contributed by atoms with Gasteiger partial charge in [0.25, 0.3) is 5.56 Å². The van der Waals surface area contributed by atoms with Gasteiger partial charge in [0.05, 0.1) is 17.6 Å². The van der Waals surface area contributed by atoms with Crippen molar-refractivity contribution < 1.29 is 0 Å². The van der Waals surface area contributed by atoms with E-state index in [1.54, 1.807) is 27.6 Å². The molecule has 4 aromatic rings. The largest absolute Gasteiger partial charge is 0.269 e. The second-order valence-electron chi connectivity index (χ2n) is 6.13. The molecule has 0 saturated heterocycles. The molecule has 0 saturated carbocycles. The molecule has 0 atom stereocenters. The minimum atomic E-state index is -0.113. The van der Waals surface area contributed by atoms with Gasteiger partial charge in [-0.05, 0) is 48.9 Å². The van der Waals surface area contributed by atoms with Crippen LogP contribution in [0.15, 0.2) is 59.5 Å². The maximum Gasteiger partial charge on any atom is 0.269 e. The lowest BCUT2D eigenvalue weighted by atomic mass is 10.2. The van der Waals surface area contributed by atoms with Crippen LogP contribution in [0.4, 0.5) is 0 Å². The first-order valence-corrected chi connectivity index (χ1v) is 8.79. The van der Waals surface area contributed by atoms with Crippen molar-refractivity contribution >= 4 is 22.6 Å². The van der Waals surface area contributed by atoms with E-state index >= 15 is 0 Å². The summed E-state index contributed by atoms with van der Waals surface area (Å²) in [5.74, 6) is 0.698. The van der Waals surface area contributed by atoms with Crippen molar-refractivity contribution in [1.29, 1.82) is 0 Å². The summed E-state index contributed by atoms with van der Waals surface area (Å²) in [5.41, 5.74) is 3.16. The zero-order valence-electron chi connectivity index (χ0n) is 14.5. The smallest absolute Gasteiger partial charge is 0.268 e. The Morgan fingerprint density at radius 2 is 1.85 bits per heavy atom. The second-order valence-corrected chi connectivity index (χ2v) is 6.57. The molecule has 0 radical (unpaired) electrons. The first-order chi connectivity index (χ1) is 12.6. The van der Waals surface area contributed by atoms with Crippen LogP contribution in [0.3, 0.4) is 0 Å². The Hall–Kier alpha value is -2.92. The van der Waals surface area contributed by atoms with Crippen LogP contribution < -0.4 is 5.56 Å². The highest BCUT2D eigenvalue weighted by atomic mass is 35.5. The van der Waals surface area contributed by atoms with Crippen molar-refractivity contribution in [3.8, 4) is 11.4 Å². The number of hydrogen-bond acceptors (Lipinski definition) is 3. The van der Waals surface area contributed by atoms with Gasteiger partial charge in [-0.2, -0.15) is 5.10 Å². The predicted molar refractivity (Wildman–Crippen MR) is 104 cm³/mol. The Bertz CT molecular complexity index is 1160. The van der Waals surface area contributed by atoms with E-state index in [0.29, 0.717) is 28.3 Å². The van der Waals surface area contributed by atoms with Crippen molar-refractivity contribution in [3.05, 3.63) is 81.5 Å². The van der Waals surface area contributed by atoms with Gasteiger partial charge in [0, 0.05) is 11.4 Å². The molecule has 0 fully saturated rings. The van der Waals surface area contributed by atoms with Crippen molar-refractivity contribution in [2.75, 3.05) is 0 Å². The normalized spacial score (nSPS) is 11.2. The number of benzene rings is 2. The third kappa shape index (κ3) is 2.70. The molecule has 0 N–H and O–H groups in total. The fourth-order valence-electron chi connectivity index (χ4n) is 3.05. The zero-order chi connectivity index (χ0) is 18.3. The Kier molecular flexibility index (Phi) is 4.09. The van der Waals surface area contributed by atoms with Crippen molar-refractivity contribution in [2.24, 2.45) is 0 Å². The first kappa shape index (κ1) is 16.5. The molecule has 2 aromatic heterocycles. The van der Waals surface area contributed by atoms with E-state index in [9.17, 15) is 4.79 Å². The van der Waals surface area contributed by atoms with Crippen molar-refractivity contribution in [3.63, 3.8) is 0 Å². The molecule has 2 heterocycles. The molecule has 6 heteroatoms. The van der Waals surface area contributed by atoms with E-state index in [0.717, 1.165) is 16.9 Å². The van der Waals surface area contributed by atoms with Gasteiger partial charge in [-0.1, -0.05) is 30.7 Å². The number of fused-ring (bicyclic) bond motifs is 1. The Balaban J connectivity index is 1.99. The first-order valence-electron chi connectivity index (χ1n) is 8.41. The lowest BCUT2D eigenvalue weighted by molar-refractivity contribution is 0.816. The van der Waals surface area contributed by atoms with Gasteiger partial charge in [-0.3, -0.25) is 9.36 Å². The van der Waals surface area contributed by atoms with E-state index in [4.69, 9.17) is 16.6 Å². The molecule has 5 nitrogen and oxygen atoms in total. The molecule has 2 aromatic carbocycles. The van der Waals surface area contributed by atoms with Crippen LogP contribution >= 0.6 is 11.6 Å². The van der Waals surface area contributed by atoms with Crippen LogP contribution in [0.1, 0.15) is 18.3 Å². The number of aryl methyl sites for hydroxylation is 2. The summed E-state index contributed by atoms with van der Waals surface area (Å²) < 4.78 is 3.34. The monoisotopic (exact) mass is 364 g/mol. The maximum absolute atomic E-state index is 13.2. The number of nitrogens with zero attached hydrogens (tertiary/aromatic N) is 4. The zero-order valence-corrected chi connectivity index (χ0v) is 15.2. The standard InChI is InChI=1S/C20H17ClN4O/c1-3-18-23-19-17(12-22-25(19)15-9-7-14(21)8-10-15)20(26)24(18)16-6-4-5-13(2)11-16/h4-12H,3H2,1-2H3. The van der Waals surface area contributed by atoms with Gasteiger partial charge >= 0.3 is 0 Å². The van der Waals surface area contributed by atoms with Crippen LogP contribution in [0.2, 0.25) is 5.02 Å². The van der Waals surface area contributed by atoms with Gasteiger partial charge in [-0.25, -0.2) is 9.67 Å². The van der Waals surface area contributed by atoms with E-state index in [2.05, 4.69) is 5.10 Å². The third-order valence-electron chi connectivity index (χ3n) is 4.32. The average Bonchev–Trinajstić information content (AvgIpc) is 3.06. The highest BCUT2D eigenvalue weighted by Crippen LogP contribution is 2.19. The summed E-state index contributed by atoms with van der Waals surface area (Å²) in [6, 6.07) is 15.1. The molecule has 0 aliphatic heterocycles. The van der Waals surface area contributed by atoms with Crippen LogP contribution in [0.5, 0.6) is 0 Å². The average molecular weight is 365 g/mol. The maximum atomic E-state index is 13.2. The highest BCUT2D eigenvalue weighted by Gasteiger charge is 2.16. The van der Waals surface area contributed by atoms with Crippen LogP contribution in [0, 0.1) is 6.92 Å².